The van der Waals surface area contributed by atoms with Crippen LogP contribution in [-0.4, -0.2) is 15.0 Å². The van der Waals surface area contributed by atoms with E-state index in [1.807, 2.05) is 12.1 Å². The standard InChI is InChI=1S/C12H9BrIN3O/c13-7-2-1-5-15-10(7)11-16-9(6-3-4-6)8(14)12(18)17-11/h1-2,5-6H,3-4H2,(H,16,17,18). The van der Waals surface area contributed by atoms with Crippen LogP contribution in [0.3, 0.4) is 0 Å². The summed E-state index contributed by atoms with van der Waals surface area (Å²) in [6.07, 6.45) is 3.93. The lowest BCUT2D eigenvalue weighted by atomic mass is 10.2. The quantitative estimate of drug-likeness (QED) is 0.764. The molecule has 3 rings (SSSR count). The number of rotatable bonds is 2. The summed E-state index contributed by atoms with van der Waals surface area (Å²) in [4.78, 5) is 23.5. The van der Waals surface area contributed by atoms with Crippen molar-refractivity contribution in [2.24, 2.45) is 0 Å². The van der Waals surface area contributed by atoms with Gasteiger partial charge in [0, 0.05) is 16.6 Å². The summed E-state index contributed by atoms with van der Waals surface area (Å²) in [5, 5.41) is 0. The monoisotopic (exact) mass is 417 g/mol. The fourth-order valence-corrected chi connectivity index (χ4v) is 2.91. The summed E-state index contributed by atoms with van der Waals surface area (Å²) >= 11 is 5.49. The summed E-state index contributed by atoms with van der Waals surface area (Å²) in [7, 11) is 0. The maximum absolute atomic E-state index is 11.9. The Morgan fingerprint density at radius 3 is 2.89 bits per heavy atom. The molecule has 0 bridgehead atoms. The van der Waals surface area contributed by atoms with E-state index in [0.29, 0.717) is 21.0 Å². The van der Waals surface area contributed by atoms with Gasteiger partial charge in [0.1, 0.15) is 9.26 Å². The van der Waals surface area contributed by atoms with E-state index in [1.54, 1.807) is 6.20 Å². The fraction of sp³-hybridized carbons (Fsp3) is 0.250. The van der Waals surface area contributed by atoms with Crippen LogP contribution in [0, 0.1) is 3.57 Å². The molecule has 92 valence electrons. The molecule has 2 aromatic rings. The van der Waals surface area contributed by atoms with Gasteiger partial charge in [-0.05, 0) is 63.5 Å². The smallest absolute Gasteiger partial charge is 0.264 e. The molecule has 4 nitrogen and oxygen atoms in total. The largest absolute Gasteiger partial charge is 0.304 e. The normalized spacial score (nSPS) is 14.8. The lowest BCUT2D eigenvalue weighted by Crippen LogP contribution is -2.16. The highest BCUT2D eigenvalue weighted by Gasteiger charge is 2.29. The van der Waals surface area contributed by atoms with Crippen LogP contribution in [0.25, 0.3) is 11.5 Å². The molecule has 0 atom stereocenters. The first kappa shape index (κ1) is 12.3. The van der Waals surface area contributed by atoms with Crippen molar-refractivity contribution in [2.75, 3.05) is 0 Å². The molecule has 1 saturated carbocycles. The molecule has 0 unspecified atom stereocenters. The molecular formula is C12H9BrIN3O. The summed E-state index contributed by atoms with van der Waals surface area (Å²) in [6, 6.07) is 3.72. The van der Waals surface area contributed by atoms with E-state index in [0.717, 1.165) is 23.0 Å². The molecule has 2 heterocycles. The van der Waals surface area contributed by atoms with Crippen LogP contribution in [0.2, 0.25) is 0 Å². The van der Waals surface area contributed by atoms with E-state index in [2.05, 4.69) is 53.5 Å². The van der Waals surface area contributed by atoms with Crippen LogP contribution in [0.15, 0.2) is 27.6 Å². The highest BCUT2D eigenvalue weighted by atomic mass is 127. The number of nitrogens with one attached hydrogen (secondary N) is 1. The van der Waals surface area contributed by atoms with Crippen molar-refractivity contribution >= 4 is 38.5 Å². The van der Waals surface area contributed by atoms with Crippen molar-refractivity contribution in [1.29, 1.82) is 0 Å². The third kappa shape index (κ3) is 2.23. The number of H-pyrrole nitrogens is 1. The topological polar surface area (TPSA) is 58.6 Å². The van der Waals surface area contributed by atoms with Crippen molar-refractivity contribution in [2.45, 2.75) is 18.8 Å². The van der Waals surface area contributed by atoms with E-state index < -0.39 is 0 Å². The molecule has 0 spiro atoms. The molecule has 1 aliphatic carbocycles. The number of aromatic nitrogens is 3. The van der Waals surface area contributed by atoms with Crippen LogP contribution in [-0.2, 0) is 0 Å². The molecule has 18 heavy (non-hydrogen) atoms. The van der Waals surface area contributed by atoms with Crippen molar-refractivity contribution in [3.05, 3.63) is 42.4 Å². The Morgan fingerprint density at radius 2 is 2.22 bits per heavy atom. The molecule has 0 amide bonds. The van der Waals surface area contributed by atoms with Gasteiger partial charge in [-0.1, -0.05) is 0 Å². The minimum Gasteiger partial charge on any atom is -0.304 e. The summed E-state index contributed by atoms with van der Waals surface area (Å²) in [6.45, 7) is 0. The Balaban J connectivity index is 2.19. The van der Waals surface area contributed by atoms with Gasteiger partial charge < -0.3 is 4.98 Å². The minimum atomic E-state index is -0.0833. The third-order valence-electron chi connectivity index (χ3n) is 2.84. The summed E-state index contributed by atoms with van der Waals surface area (Å²) < 4.78 is 1.53. The first-order valence-electron chi connectivity index (χ1n) is 5.57. The minimum absolute atomic E-state index is 0.0833. The maximum Gasteiger partial charge on any atom is 0.264 e. The van der Waals surface area contributed by atoms with Gasteiger partial charge in [-0.3, -0.25) is 9.78 Å². The fourth-order valence-electron chi connectivity index (χ4n) is 1.78. The molecule has 1 N–H and O–H groups in total. The number of hydrogen-bond acceptors (Lipinski definition) is 3. The molecule has 0 saturated heterocycles. The first-order valence-corrected chi connectivity index (χ1v) is 7.44. The highest BCUT2D eigenvalue weighted by Crippen LogP contribution is 2.40. The van der Waals surface area contributed by atoms with Gasteiger partial charge in [-0.2, -0.15) is 0 Å². The predicted molar refractivity (Wildman–Crippen MR) is 80.5 cm³/mol. The Hall–Kier alpha value is -0.760. The second kappa shape index (κ2) is 4.73. The van der Waals surface area contributed by atoms with Crippen molar-refractivity contribution < 1.29 is 0 Å². The van der Waals surface area contributed by atoms with Crippen LogP contribution < -0.4 is 5.56 Å². The molecule has 2 aromatic heterocycles. The van der Waals surface area contributed by atoms with Gasteiger partial charge >= 0.3 is 0 Å². The second-order valence-electron chi connectivity index (χ2n) is 4.22. The number of hydrogen-bond donors (Lipinski definition) is 1. The van der Waals surface area contributed by atoms with E-state index in [-0.39, 0.29) is 5.56 Å². The lowest BCUT2D eigenvalue weighted by molar-refractivity contribution is 0.951. The SMILES string of the molecule is O=c1[nH]c(-c2ncccc2Br)nc(C2CC2)c1I. The van der Waals surface area contributed by atoms with Gasteiger partial charge in [0.25, 0.3) is 5.56 Å². The van der Waals surface area contributed by atoms with Gasteiger partial charge in [-0.15, -0.1) is 0 Å². The van der Waals surface area contributed by atoms with Gasteiger partial charge in [0.2, 0.25) is 0 Å². The number of aromatic amines is 1. The van der Waals surface area contributed by atoms with E-state index >= 15 is 0 Å². The summed E-state index contributed by atoms with van der Waals surface area (Å²) in [5.41, 5.74) is 1.50. The number of pyridine rings is 1. The average Bonchev–Trinajstić information content (AvgIpc) is 3.17. The van der Waals surface area contributed by atoms with Gasteiger partial charge in [0.15, 0.2) is 5.82 Å². The molecule has 1 fully saturated rings. The molecule has 0 aromatic carbocycles. The summed E-state index contributed by atoms with van der Waals surface area (Å²) in [5.74, 6) is 0.982. The van der Waals surface area contributed by atoms with Gasteiger partial charge in [0.05, 0.1) is 5.69 Å². The highest BCUT2D eigenvalue weighted by molar-refractivity contribution is 14.1. The molecule has 0 aliphatic heterocycles. The van der Waals surface area contributed by atoms with Crippen LogP contribution >= 0.6 is 38.5 Å². The number of halogens is 2. The third-order valence-corrected chi connectivity index (χ3v) is 4.52. The first-order chi connectivity index (χ1) is 8.66. The average molecular weight is 418 g/mol. The molecule has 1 aliphatic rings. The predicted octanol–water partition coefficient (Wildman–Crippen LogP) is 3.08. The van der Waals surface area contributed by atoms with Crippen LogP contribution in [0.4, 0.5) is 0 Å². The second-order valence-corrected chi connectivity index (χ2v) is 6.15. The molecular weight excluding hydrogens is 409 g/mol. The Kier molecular flexibility index (Phi) is 3.23. The Morgan fingerprint density at radius 1 is 1.44 bits per heavy atom. The van der Waals surface area contributed by atoms with E-state index in [4.69, 9.17) is 0 Å². The van der Waals surface area contributed by atoms with Gasteiger partial charge in [-0.25, -0.2) is 4.98 Å². The zero-order valence-corrected chi connectivity index (χ0v) is 13.0. The van der Waals surface area contributed by atoms with Crippen molar-refractivity contribution in [1.82, 2.24) is 15.0 Å². The van der Waals surface area contributed by atoms with E-state index in [9.17, 15) is 4.79 Å². The van der Waals surface area contributed by atoms with Crippen molar-refractivity contribution in [3.63, 3.8) is 0 Å². The van der Waals surface area contributed by atoms with Crippen molar-refractivity contribution in [3.8, 4) is 11.5 Å². The lowest BCUT2D eigenvalue weighted by Gasteiger charge is -2.06. The maximum atomic E-state index is 11.9. The molecule has 0 radical (unpaired) electrons. The Labute approximate surface area is 126 Å². The number of nitrogens with zero attached hydrogens (tertiary/aromatic N) is 2. The van der Waals surface area contributed by atoms with Crippen LogP contribution in [0.1, 0.15) is 24.5 Å². The zero-order valence-electron chi connectivity index (χ0n) is 9.28. The van der Waals surface area contributed by atoms with Crippen LogP contribution in [0.5, 0.6) is 0 Å². The Bertz CT molecular complexity index is 667. The van der Waals surface area contributed by atoms with E-state index in [1.165, 1.54) is 0 Å². The zero-order chi connectivity index (χ0) is 12.7. The molecule has 6 heteroatoms.